The van der Waals surface area contributed by atoms with Gasteiger partial charge in [-0.1, -0.05) is 119 Å². The summed E-state index contributed by atoms with van der Waals surface area (Å²) in [6.45, 7) is 14.3. The van der Waals surface area contributed by atoms with E-state index in [2.05, 4.69) is 46.5 Å². The molecule has 0 amide bonds. The molecule has 3 aromatic heterocycles. The van der Waals surface area contributed by atoms with Crippen LogP contribution < -0.4 is 15.1 Å². The maximum absolute atomic E-state index is 14.9. The summed E-state index contributed by atoms with van der Waals surface area (Å²) in [5.74, 6) is 0.680. The van der Waals surface area contributed by atoms with Crippen LogP contribution >= 0.6 is 110 Å². The predicted octanol–water partition coefficient (Wildman–Crippen LogP) is 23.3. The zero-order valence-corrected chi connectivity index (χ0v) is 72.4. The standard InChI is InChI=1S/C30H31Cl2FN2O4.C26H23Cl2FN2O4.C19H20Cl2N2O2.C11H12BrFO2.HI/c1-30(2,3)38-29(36)20-10-9-18(12-24(20)33)35-14-17-11-19(35)13-25(17)37-15-21-27(34-39-28(21)16-7-8-16)26-22(31)5-4-6-23(26)32;27-19-2-1-3-20(28)23(19)24-18(25(35-30-24)13-4-5-13)12-34-22-10-16-8-14(22)11-31(16)15-6-7-17(26(32)33)21(29)9-15;20-14-2-1-3-15(21)17(14)18-13(19(25-23-18)10-4-5-10)9-24-16-7-12-6-11(16)8-22-12;1-11(2,3)15-10(14)8-5-4-7(12)6-9(8)13;/h4-6,9-10,12,16-17,19,25H,7-8,11,13-15H2,1-3H3;1-3,6-7,9,13-14,16,22H,4-5,8,10-12H2,(H,32,33);1-3,10-12,16,22H,4-9H2;4-6H,1-3H3;1H/t17-,19-,25+;14-,16-,22+;11-,12-,16+;;/m000../s1. The number of piperidine rings is 3. The number of halogens is 11. The van der Waals surface area contributed by atoms with Crippen LogP contribution in [0.4, 0.5) is 24.5 Å². The first-order chi connectivity index (χ1) is 54.5. The fourth-order valence-corrected chi connectivity index (χ4v) is 18.6. The summed E-state index contributed by atoms with van der Waals surface area (Å²) in [7, 11) is 0. The highest BCUT2D eigenvalue weighted by atomic mass is 127. The minimum absolute atomic E-state index is 0. The lowest BCUT2D eigenvalue weighted by Gasteiger charge is -2.33. The van der Waals surface area contributed by atoms with Gasteiger partial charge in [-0.15, -0.1) is 24.0 Å². The van der Waals surface area contributed by atoms with Gasteiger partial charge in [0.25, 0.3) is 0 Å². The number of nitrogens with zero attached hydrogens (tertiary/aromatic N) is 5. The van der Waals surface area contributed by atoms with Crippen LogP contribution in [-0.4, -0.2) is 106 Å². The number of hydrogen-bond donors (Lipinski definition) is 2. The van der Waals surface area contributed by atoms with E-state index >= 15 is 0 Å². The van der Waals surface area contributed by atoms with Crippen LogP contribution in [0.25, 0.3) is 33.8 Å². The van der Waals surface area contributed by atoms with E-state index < -0.39 is 46.6 Å². The average molecular weight is 1870 g/mol. The van der Waals surface area contributed by atoms with Gasteiger partial charge in [0, 0.05) is 117 Å². The Morgan fingerprint density at radius 1 is 0.487 bits per heavy atom. The summed E-state index contributed by atoms with van der Waals surface area (Å²) >= 11 is 41.8. The predicted molar refractivity (Wildman–Crippen MR) is 449 cm³/mol. The lowest BCUT2D eigenvalue weighted by Crippen LogP contribution is -2.38. The smallest absolute Gasteiger partial charge is 0.341 e. The van der Waals surface area contributed by atoms with Crippen molar-refractivity contribution in [2.75, 3.05) is 29.4 Å². The van der Waals surface area contributed by atoms with E-state index in [1.807, 2.05) is 24.3 Å². The zero-order valence-electron chi connectivity index (χ0n) is 63.9. The molecule has 610 valence electrons. The largest absolute Gasteiger partial charge is 0.478 e. The summed E-state index contributed by atoms with van der Waals surface area (Å²) in [6.07, 6.45) is 13.0. The molecule has 2 N–H and O–H groups in total. The van der Waals surface area contributed by atoms with Crippen LogP contribution in [0.2, 0.25) is 30.1 Å². The number of aromatic nitrogens is 3. The molecule has 0 spiro atoms. The van der Waals surface area contributed by atoms with Gasteiger partial charge in [0.2, 0.25) is 0 Å². The average Bonchev–Trinajstić information content (AvgIpc) is 1.61. The Kier molecular flexibility index (Phi) is 26.2. The van der Waals surface area contributed by atoms with E-state index in [1.54, 1.807) is 90.1 Å². The number of carboxylic acids is 1. The molecule has 0 unspecified atom stereocenters. The van der Waals surface area contributed by atoms with Crippen molar-refractivity contribution in [2.24, 2.45) is 17.8 Å². The number of anilines is 2. The number of nitrogens with one attached hydrogen (secondary N) is 1. The Labute approximate surface area is 720 Å². The molecule has 6 saturated carbocycles. The fourth-order valence-electron chi connectivity index (χ4n) is 16.6. The molecule has 6 bridgehead atoms. The maximum atomic E-state index is 14.9. The number of carbonyl (C=O) groups excluding carboxylic acids is 2. The molecule has 9 atom stereocenters. The van der Waals surface area contributed by atoms with Crippen molar-refractivity contribution in [3.05, 3.63) is 212 Å². The number of fused-ring (bicyclic) bond motifs is 6. The molecular weight excluding hydrogens is 1790 g/mol. The van der Waals surface area contributed by atoms with E-state index in [1.165, 1.54) is 42.8 Å². The van der Waals surface area contributed by atoms with Crippen molar-refractivity contribution >= 4 is 139 Å². The lowest BCUT2D eigenvalue weighted by atomic mass is 10.0. The normalized spacial score (nSPS) is 22.3. The Hall–Kier alpha value is -6.46. The summed E-state index contributed by atoms with van der Waals surface area (Å²) in [4.78, 5) is 39.4. The Balaban J connectivity index is 0.000000132. The van der Waals surface area contributed by atoms with Gasteiger partial charge >= 0.3 is 17.9 Å². The summed E-state index contributed by atoms with van der Waals surface area (Å²) < 4.78 is 89.9. The molecule has 115 heavy (non-hydrogen) atoms. The van der Waals surface area contributed by atoms with Gasteiger partial charge in [-0.2, -0.15) is 0 Å². The number of benzene rings is 6. The van der Waals surface area contributed by atoms with Crippen molar-refractivity contribution in [2.45, 2.75) is 204 Å². The van der Waals surface area contributed by atoms with Crippen molar-refractivity contribution < 1.29 is 69.9 Å². The molecule has 6 aromatic carbocycles. The molecule has 0 radical (unpaired) electrons. The van der Waals surface area contributed by atoms with Gasteiger partial charge < -0.3 is 57.5 Å². The van der Waals surface area contributed by atoms with E-state index in [-0.39, 0.29) is 65.0 Å². The molecule has 29 heteroatoms. The molecule has 9 aromatic rings. The van der Waals surface area contributed by atoms with Crippen LogP contribution in [0.3, 0.4) is 0 Å². The first-order valence-electron chi connectivity index (χ1n) is 38.6. The molecule has 9 aliphatic rings. The number of rotatable bonds is 20. The molecule has 3 aliphatic heterocycles. The summed E-state index contributed by atoms with van der Waals surface area (Å²) in [5.41, 5.74) is 6.74. The highest BCUT2D eigenvalue weighted by Gasteiger charge is 2.49. The highest BCUT2D eigenvalue weighted by Crippen LogP contribution is 2.52. The number of aromatic carboxylic acids is 1. The summed E-state index contributed by atoms with van der Waals surface area (Å²) in [6, 6.07) is 30.7. The Morgan fingerprint density at radius 2 is 0.835 bits per heavy atom. The SMILES string of the molecule is CC(C)(C)OC(=O)c1ccc(Br)cc1F.CC(C)(C)OC(=O)c1ccc(N2C[C@@H]3C[C@H]2C[C@H]3OCc2c(-c3c(Cl)cccc3Cl)noc2C2CC2)cc1F.Clc1cccc(Cl)c1-c1noc(C2CC2)c1CO[C@@H]1C[C@@H]2C[C@H]1CN2.I.O=C(O)c1ccc(N2C[C@@H]3C[C@H]2C[C@H]3OCc2c(-c3c(Cl)cccc3Cl)noc2C2CC2)cc1F. The first kappa shape index (κ1) is 85.0. The molecule has 3 saturated heterocycles. The van der Waals surface area contributed by atoms with Gasteiger partial charge in [0.05, 0.1) is 85.0 Å². The molecular formula is C86H87BrCl6F3IN6O12. The number of hydrogen-bond acceptors (Lipinski definition) is 17. The minimum atomic E-state index is -1.26. The van der Waals surface area contributed by atoms with Crippen molar-refractivity contribution in [3.63, 3.8) is 0 Å². The van der Waals surface area contributed by atoms with Crippen LogP contribution in [0.1, 0.15) is 201 Å². The van der Waals surface area contributed by atoms with E-state index in [4.69, 9.17) is 112 Å². The topological polar surface area (TPSA) is 214 Å². The number of ether oxygens (including phenoxy) is 5. The van der Waals surface area contributed by atoms with Crippen molar-refractivity contribution in [1.82, 2.24) is 20.8 Å². The van der Waals surface area contributed by atoms with E-state index in [0.29, 0.717) is 130 Å². The fraction of sp³-hybridized carbons (Fsp3) is 0.442. The van der Waals surface area contributed by atoms with Crippen LogP contribution in [0.15, 0.2) is 127 Å². The van der Waals surface area contributed by atoms with Crippen LogP contribution in [-0.2, 0) is 43.5 Å². The Morgan fingerprint density at radius 3 is 1.13 bits per heavy atom. The highest BCUT2D eigenvalue weighted by molar-refractivity contribution is 14.0. The van der Waals surface area contributed by atoms with Gasteiger partial charge in [-0.25, -0.2) is 27.6 Å². The third kappa shape index (κ3) is 19.4. The zero-order chi connectivity index (χ0) is 80.3. The molecule has 18 nitrogen and oxygen atoms in total. The minimum Gasteiger partial charge on any atom is -0.478 e. The summed E-state index contributed by atoms with van der Waals surface area (Å²) in [5, 5.41) is 28.9. The number of esters is 2. The van der Waals surface area contributed by atoms with Crippen LogP contribution in [0, 0.1) is 35.2 Å². The second kappa shape index (κ2) is 35.5. The molecule has 18 rings (SSSR count). The number of carboxylic acid groups (broad SMARTS) is 1. The van der Waals surface area contributed by atoms with Gasteiger partial charge in [0.15, 0.2) is 0 Å². The second-order valence-electron chi connectivity index (χ2n) is 33.0. The Bertz CT molecular complexity index is 5050. The second-order valence-corrected chi connectivity index (χ2v) is 36.3. The van der Waals surface area contributed by atoms with Gasteiger partial charge in [0.1, 0.15) is 63.0 Å². The maximum Gasteiger partial charge on any atom is 0.341 e. The van der Waals surface area contributed by atoms with Gasteiger partial charge in [-0.05, 0) is 216 Å². The monoisotopic (exact) mass is 1870 g/mol. The van der Waals surface area contributed by atoms with E-state index in [0.717, 1.165) is 141 Å². The van der Waals surface area contributed by atoms with Crippen LogP contribution in [0.5, 0.6) is 0 Å². The first-order valence-corrected chi connectivity index (χ1v) is 41.7. The van der Waals surface area contributed by atoms with Gasteiger partial charge in [-0.3, -0.25) is 0 Å². The third-order valence-corrected chi connectivity index (χ3v) is 24.8. The third-order valence-electron chi connectivity index (χ3n) is 22.4. The van der Waals surface area contributed by atoms with E-state index in [9.17, 15) is 27.6 Å². The lowest BCUT2D eigenvalue weighted by molar-refractivity contribution is 0.00517. The van der Waals surface area contributed by atoms with Crippen molar-refractivity contribution in [3.8, 4) is 33.8 Å². The van der Waals surface area contributed by atoms with Crippen molar-refractivity contribution in [1.29, 1.82) is 0 Å². The molecule has 6 heterocycles. The molecule has 6 aliphatic carbocycles. The molecule has 9 fully saturated rings. The number of carbonyl (C=O) groups is 3. The quantitative estimate of drug-likeness (QED) is 0.0536.